The molecular formula is C19H28N2O3S. The summed E-state index contributed by atoms with van der Waals surface area (Å²) in [7, 11) is 1.40. The van der Waals surface area contributed by atoms with E-state index in [0.717, 1.165) is 18.8 Å². The molecule has 0 radical (unpaired) electrons. The van der Waals surface area contributed by atoms with Gasteiger partial charge in [-0.3, -0.25) is 0 Å². The molecule has 1 aliphatic heterocycles. The normalized spacial score (nSPS) is 20.4. The summed E-state index contributed by atoms with van der Waals surface area (Å²) >= 11 is -1.32. The molecule has 3 rings (SSSR count). The van der Waals surface area contributed by atoms with Crippen molar-refractivity contribution in [3.8, 4) is 0 Å². The Kier molecular flexibility index (Phi) is 5.06. The van der Waals surface area contributed by atoms with Crippen LogP contribution in [-0.4, -0.2) is 36.3 Å². The molecule has 1 atom stereocenters. The molecule has 1 heterocycles. The summed E-state index contributed by atoms with van der Waals surface area (Å²) in [6.07, 6.45) is 5.01. The predicted octanol–water partition coefficient (Wildman–Crippen LogP) is 3.26. The van der Waals surface area contributed by atoms with Crippen molar-refractivity contribution in [3.63, 3.8) is 0 Å². The van der Waals surface area contributed by atoms with E-state index in [-0.39, 0.29) is 11.5 Å². The number of ether oxygens (including phenoxy) is 1. The largest absolute Gasteiger partial charge is 0.593 e. The maximum absolute atomic E-state index is 12.6. The summed E-state index contributed by atoms with van der Waals surface area (Å²) < 4.78 is 20.7. The highest BCUT2D eigenvalue weighted by Crippen LogP contribution is 2.54. The second-order valence-electron chi connectivity index (χ2n) is 8.28. The molecule has 0 amide bonds. The van der Waals surface area contributed by atoms with E-state index in [1.807, 2.05) is 26.8 Å². The van der Waals surface area contributed by atoms with Crippen LogP contribution in [0.25, 0.3) is 0 Å². The summed E-state index contributed by atoms with van der Waals surface area (Å²) in [4.78, 5) is 15.1. The minimum absolute atomic E-state index is 0.254. The number of anilines is 1. The van der Waals surface area contributed by atoms with E-state index < -0.39 is 11.4 Å². The van der Waals surface area contributed by atoms with Crippen LogP contribution >= 0.6 is 0 Å². The van der Waals surface area contributed by atoms with Crippen molar-refractivity contribution in [2.24, 2.45) is 5.41 Å². The second kappa shape index (κ2) is 6.82. The average Bonchev–Trinajstić information content (AvgIpc) is 3.32. The lowest BCUT2D eigenvalue weighted by Gasteiger charge is -2.35. The smallest absolute Gasteiger partial charge is 0.339 e. The van der Waals surface area contributed by atoms with Crippen LogP contribution in [0.15, 0.2) is 23.1 Å². The third-order valence-electron chi connectivity index (χ3n) is 5.11. The van der Waals surface area contributed by atoms with E-state index >= 15 is 0 Å². The van der Waals surface area contributed by atoms with Gasteiger partial charge < -0.3 is 14.2 Å². The third-order valence-corrected chi connectivity index (χ3v) is 6.59. The number of methoxy groups -OCH3 is 1. The third kappa shape index (κ3) is 4.30. The highest BCUT2D eigenvalue weighted by atomic mass is 32.2. The first-order valence-electron chi connectivity index (χ1n) is 8.90. The fourth-order valence-electron chi connectivity index (χ4n) is 3.41. The molecule has 138 valence electrons. The van der Waals surface area contributed by atoms with E-state index in [4.69, 9.17) is 4.74 Å². The molecule has 6 heteroatoms. The lowest BCUT2D eigenvalue weighted by molar-refractivity contribution is 0.0601. The molecule has 1 aromatic carbocycles. The number of hydrogen-bond acceptors (Lipinski definition) is 5. The van der Waals surface area contributed by atoms with Gasteiger partial charge in [0.15, 0.2) is 4.90 Å². The molecule has 1 spiro atoms. The molecule has 1 saturated heterocycles. The van der Waals surface area contributed by atoms with Crippen LogP contribution in [0.3, 0.4) is 0 Å². The van der Waals surface area contributed by atoms with Crippen LogP contribution in [-0.2, 0) is 16.1 Å². The standard InChI is InChI=1S/C19H28N2O3S/c1-18(2,3)20-25(23)14-5-6-15(17(22)24-4)16(13-14)21-11-9-19(7-8-19)10-12-21/h5-6,13,20H,7-12H2,1-4H3. The zero-order valence-electron chi connectivity index (χ0n) is 15.6. The maximum Gasteiger partial charge on any atom is 0.339 e. The van der Waals surface area contributed by atoms with E-state index in [9.17, 15) is 9.35 Å². The Hall–Kier alpha value is -1.24. The first kappa shape index (κ1) is 18.5. The predicted molar refractivity (Wildman–Crippen MR) is 100 cm³/mol. The van der Waals surface area contributed by atoms with Gasteiger partial charge in [-0.1, -0.05) is 0 Å². The van der Waals surface area contributed by atoms with Gasteiger partial charge in [0.25, 0.3) is 0 Å². The van der Waals surface area contributed by atoms with Gasteiger partial charge in [-0.25, -0.2) is 4.79 Å². The maximum atomic E-state index is 12.6. The van der Waals surface area contributed by atoms with E-state index in [2.05, 4.69) is 9.62 Å². The fraction of sp³-hybridized carbons (Fsp3) is 0.632. The van der Waals surface area contributed by atoms with Gasteiger partial charge in [0.2, 0.25) is 0 Å². The van der Waals surface area contributed by atoms with Gasteiger partial charge >= 0.3 is 5.97 Å². The SMILES string of the molecule is COC(=O)c1ccc([S+]([O-])NC(C)(C)C)cc1N1CCC2(CC1)CC2. The number of esters is 1. The Morgan fingerprint density at radius 3 is 2.40 bits per heavy atom. The van der Waals surface area contributed by atoms with Crippen LogP contribution < -0.4 is 9.62 Å². The van der Waals surface area contributed by atoms with Crippen LogP contribution in [0.2, 0.25) is 0 Å². The minimum atomic E-state index is -1.32. The minimum Gasteiger partial charge on any atom is -0.593 e. The van der Waals surface area contributed by atoms with Gasteiger partial charge in [-0.05, 0) is 64.0 Å². The average molecular weight is 365 g/mol. The summed E-state index contributed by atoms with van der Waals surface area (Å²) in [6, 6.07) is 5.36. The van der Waals surface area contributed by atoms with Crippen LogP contribution in [0.4, 0.5) is 5.69 Å². The van der Waals surface area contributed by atoms with Gasteiger partial charge in [-0.2, -0.15) is 0 Å². The first-order chi connectivity index (χ1) is 11.7. The number of nitrogens with one attached hydrogen (secondary N) is 1. The monoisotopic (exact) mass is 364 g/mol. The highest BCUT2D eigenvalue weighted by molar-refractivity contribution is 7.89. The summed E-state index contributed by atoms with van der Waals surface area (Å²) in [6.45, 7) is 7.82. The van der Waals surface area contributed by atoms with Crippen molar-refractivity contribution in [2.75, 3.05) is 25.1 Å². The molecule has 1 saturated carbocycles. The van der Waals surface area contributed by atoms with Gasteiger partial charge in [0.05, 0.1) is 35.3 Å². The number of piperidine rings is 1. The van der Waals surface area contributed by atoms with Crippen molar-refractivity contribution in [2.45, 2.75) is 56.9 Å². The molecular weight excluding hydrogens is 336 g/mol. The number of benzene rings is 1. The molecule has 0 aromatic heterocycles. The van der Waals surface area contributed by atoms with Crippen molar-refractivity contribution in [1.29, 1.82) is 0 Å². The molecule has 25 heavy (non-hydrogen) atoms. The fourth-order valence-corrected chi connectivity index (χ4v) is 4.49. The Bertz CT molecular complexity index is 643. The van der Waals surface area contributed by atoms with Crippen molar-refractivity contribution in [1.82, 2.24) is 4.72 Å². The topological polar surface area (TPSA) is 64.6 Å². The number of rotatable bonds is 4. The van der Waals surface area contributed by atoms with Crippen LogP contribution in [0.5, 0.6) is 0 Å². The second-order valence-corrected chi connectivity index (χ2v) is 9.49. The zero-order valence-corrected chi connectivity index (χ0v) is 16.4. The van der Waals surface area contributed by atoms with E-state index in [1.165, 1.54) is 32.8 Å². The van der Waals surface area contributed by atoms with Crippen molar-refractivity contribution < 1.29 is 14.1 Å². The summed E-state index contributed by atoms with van der Waals surface area (Å²) in [5, 5.41) is 0. The number of nitrogens with zero attached hydrogens (tertiary/aromatic N) is 1. The quantitative estimate of drug-likeness (QED) is 0.656. The molecule has 0 bridgehead atoms. The molecule has 1 N–H and O–H groups in total. The van der Waals surface area contributed by atoms with Gasteiger partial charge in [0, 0.05) is 19.2 Å². The lowest BCUT2D eigenvalue weighted by Crippen LogP contribution is -2.40. The highest BCUT2D eigenvalue weighted by Gasteiger charge is 2.44. The van der Waals surface area contributed by atoms with Crippen molar-refractivity contribution in [3.05, 3.63) is 23.8 Å². The number of hydrogen-bond donors (Lipinski definition) is 1. The van der Waals surface area contributed by atoms with Crippen LogP contribution in [0.1, 0.15) is 56.8 Å². The molecule has 2 aliphatic rings. The molecule has 5 nitrogen and oxygen atoms in total. The number of carbonyl (C=O) groups is 1. The van der Waals surface area contributed by atoms with E-state index in [1.54, 1.807) is 12.1 Å². The Morgan fingerprint density at radius 2 is 1.88 bits per heavy atom. The van der Waals surface area contributed by atoms with Crippen molar-refractivity contribution >= 4 is 23.0 Å². The van der Waals surface area contributed by atoms with Crippen LogP contribution in [0, 0.1) is 5.41 Å². The summed E-state index contributed by atoms with van der Waals surface area (Å²) in [5.41, 5.74) is 1.70. The van der Waals surface area contributed by atoms with Gasteiger partial charge in [-0.15, -0.1) is 4.72 Å². The molecule has 1 unspecified atom stereocenters. The summed E-state index contributed by atoms with van der Waals surface area (Å²) in [5.74, 6) is -0.345. The molecule has 1 aromatic rings. The zero-order chi connectivity index (χ0) is 18.2. The Morgan fingerprint density at radius 1 is 1.24 bits per heavy atom. The first-order valence-corrected chi connectivity index (χ1v) is 10.0. The Labute approximate surface area is 153 Å². The lowest BCUT2D eigenvalue weighted by atomic mass is 9.93. The van der Waals surface area contributed by atoms with Gasteiger partial charge in [0.1, 0.15) is 0 Å². The Balaban J connectivity index is 1.86. The number of carbonyl (C=O) groups excluding carboxylic acids is 1. The molecule has 2 fully saturated rings. The molecule has 1 aliphatic carbocycles. The van der Waals surface area contributed by atoms with E-state index in [0.29, 0.717) is 15.9 Å².